The van der Waals surface area contributed by atoms with E-state index in [1.54, 1.807) is 40.2 Å². The fourth-order valence-electron chi connectivity index (χ4n) is 2.03. The molecule has 0 saturated heterocycles. The van der Waals surface area contributed by atoms with E-state index in [0.29, 0.717) is 35.5 Å². The van der Waals surface area contributed by atoms with Crippen molar-refractivity contribution in [3.8, 4) is 23.0 Å². The molecule has 2 rings (SSSR count). The van der Waals surface area contributed by atoms with Crippen LogP contribution in [0.4, 0.5) is 0 Å². The van der Waals surface area contributed by atoms with Gasteiger partial charge in [-0.3, -0.25) is 4.79 Å². The van der Waals surface area contributed by atoms with Crippen LogP contribution in [0.5, 0.6) is 11.5 Å². The van der Waals surface area contributed by atoms with E-state index < -0.39 is 0 Å². The van der Waals surface area contributed by atoms with Crippen LogP contribution in [0.1, 0.15) is 18.4 Å². The number of hydrogen-bond acceptors (Lipinski definition) is 6. The zero-order chi connectivity index (χ0) is 16.1. The molecule has 1 aromatic carbocycles. The Kier molecular flexibility index (Phi) is 5.04. The van der Waals surface area contributed by atoms with Gasteiger partial charge in [0, 0.05) is 5.56 Å². The van der Waals surface area contributed by atoms with Gasteiger partial charge in [-0.2, -0.15) is 0 Å². The van der Waals surface area contributed by atoms with Gasteiger partial charge >= 0.3 is 5.97 Å². The van der Waals surface area contributed by atoms with E-state index in [9.17, 15) is 4.79 Å². The Labute approximate surface area is 129 Å². The highest BCUT2D eigenvalue weighted by molar-refractivity contribution is 5.72. The molecule has 0 unspecified atom stereocenters. The zero-order valence-corrected chi connectivity index (χ0v) is 13.1. The van der Waals surface area contributed by atoms with Crippen LogP contribution >= 0.6 is 0 Å². The molecule has 1 aromatic heterocycles. The van der Waals surface area contributed by atoms with Gasteiger partial charge in [0.25, 0.3) is 0 Å². The number of rotatable bonds is 6. The number of esters is 1. The molecule has 0 amide bonds. The number of methoxy groups -OCH3 is 2. The molecule has 0 bridgehead atoms. The lowest BCUT2D eigenvalue weighted by Gasteiger charge is -2.07. The van der Waals surface area contributed by atoms with Crippen molar-refractivity contribution in [3.63, 3.8) is 0 Å². The van der Waals surface area contributed by atoms with E-state index in [1.807, 2.05) is 6.07 Å². The largest absolute Gasteiger partial charge is 0.493 e. The van der Waals surface area contributed by atoms with Crippen LogP contribution in [0.15, 0.2) is 22.6 Å². The third-order valence-corrected chi connectivity index (χ3v) is 3.13. The van der Waals surface area contributed by atoms with Gasteiger partial charge in [-0.1, -0.05) is 0 Å². The minimum Gasteiger partial charge on any atom is -0.493 e. The maximum Gasteiger partial charge on any atom is 0.313 e. The average Bonchev–Trinajstić information content (AvgIpc) is 2.87. The first-order valence-corrected chi connectivity index (χ1v) is 6.93. The average molecular weight is 305 g/mol. The smallest absolute Gasteiger partial charge is 0.313 e. The van der Waals surface area contributed by atoms with Crippen LogP contribution in [-0.4, -0.2) is 31.8 Å². The van der Waals surface area contributed by atoms with Crippen LogP contribution in [0.25, 0.3) is 11.5 Å². The summed E-state index contributed by atoms with van der Waals surface area (Å²) in [5, 5.41) is 0. The van der Waals surface area contributed by atoms with E-state index in [4.69, 9.17) is 18.6 Å². The number of aromatic nitrogens is 1. The summed E-state index contributed by atoms with van der Waals surface area (Å²) in [7, 11) is 3.14. The minimum absolute atomic E-state index is 0.0694. The molecule has 0 atom stereocenters. The minimum atomic E-state index is -0.333. The maximum absolute atomic E-state index is 11.5. The van der Waals surface area contributed by atoms with Gasteiger partial charge in [-0.05, 0) is 32.0 Å². The Morgan fingerprint density at radius 1 is 1.23 bits per heavy atom. The van der Waals surface area contributed by atoms with Crippen molar-refractivity contribution in [3.05, 3.63) is 29.7 Å². The van der Waals surface area contributed by atoms with Crippen LogP contribution in [0, 0.1) is 6.92 Å². The van der Waals surface area contributed by atoms with Crippen molar-refractivity contribution >= 4 is 5.97 Å². The molecule has 2 aromatic rings. The summed E-state index contributed by atoms with van der Waals surface area (Å²) < 4.78 is 21.1. The van der Waals surface area contributed by atoms with E-state index in [-0.39, 0.29) is 12.4 Å². The zero-order valence-electron chi connectivity index (χ0n) is 13.1. The Morgan fingerprint density at radius 2 is 1.95 bits per heavy atom. The van der Waals surface area contributed by atoms with Gasteiger partial charge in [0.15, 0.2) is 11.5 Å². The summed E-state index contributed by atoms with van der Waals surface area (Å²) in [5.74, 6) is 1.81. The highest BCUT2D eigenvalue weighted by atomic mass is 16.5. The van der Waals surface area contributed by atoms with Crippen molar-refractivity contribution in [1.29, 1.82) is 0 Å². The quantitative estimate of drug-likeness (QED) is 0.764. The third-order valence-electron chi connectivity index (χ3n) is 3.13. The second-order valence-electron chi connectivity index (χ2n) is 4.58. The number of oxazole rings is 1. The van der Waals surface area contributed by atoms with Gasteiger partial charge in [0.1, 0.15) is 12.2 Å². The van der Waals surface area contributed by atoms with Gasteiger partial charge in [-0.25, -0.2) is 4.98 Å². The molecule has 1 heterocycles. The van der Waals surface area contributed by atoms with Gasteiger partial charge in [0.2, 0.25) is 5.89 Å². The summed E-state index contributed by atoms with van der Waals surface area (Å²) in [6, 6.07) is 5.37. The standard InChI is InChI=1S/C16H19NO5/c1-5-21-15(18)9-13-10(2)17-16(22-13)11-6-7-12(19-3)14(8-11)20-4/h6-8H,5,9H2,1-4H3. The second-order valence-corrected chi connectivity index (χ2v) is 4.58. The van der Waals surface area contributed by atoms with Gasteiger partial charge in [-0.15, -0.1) is 0 Å². The molecular formula is C16H19NO5. The molecule has 0 aliphatic rings. The summed E-state index contributed by atoms with van der Waals surface area (Å²) in [6.07, 6.45) is 0.0694. The first-order valence-electron chi connectivity index (χ1n) is 6.93. The molecule has 0 spiro atoms. The van der Waals surface area contributed by atoms with E-state index in [2.05, 4.69) is 4.98 Å². The number of carbonyl (C=O) groups is 1. The van der Waals surface area contributed by atoms with Crippen LogP contribution < -0.4 is 9.47 Å². The molecule has 0 N–H and O–H groups in total. The maximum atomic E-state index is 11.5. The van der Waals surface area contributed by atoms with Crippen molar-refractivity contribution in [2.45, 2.75) is 20.3 Å². The molecule has 0 fully saturated rings. The number of aryl methyl sites for hydroxylation is 1. The van der Waals surface area contributed by atoms with Crippen LogP contribution in [0.3, 0.4) is 0 Å². The summed E-state index contributed by atoms with van der Waals surface area (Å²) in [4.78, 5) is 15.9. The summed E-state index contributed by atoms with van der Waals surface area (Å²) in [6.45, 7) is 3.90. The number of hydrogen-bond donors (Lipinski definition) is 0. The second kappa shape index (κ2) is 6.98. The Morgan fingerprint density at radius 3 is 2.59 bits per heavy atom. The molecule has 0 aliphatic heterocycles. The summed E-state index contributed by atoms with van der Waals surface area (Å²) >= 11 is 0. The molecule has 0 aliphatic carbocycles. The Hall–Kier alpha value is -2.50. The summed E-state index contributed by atoms with van der Waals surface area (Å²) in [5.41, 5.74) is 1.41. The molecule has 22 heavy (non-hydrogen) atoms. The van der Waals surface area contributed by atoms with E-state index >= 15 is 0 Å². The van der Waals surface area contributed by atoms with Crippen molar-refractivity contribution in [2.75, 3.05) is 20.8 Å². The lowest BCUT2D eigenvalue weighted by Crippen LogP contribution is -2.07. The Balaban J connectivity index is 2.28. The predicted octanol–water partition coefficient (Wildman–Crippen LogP) is 2.77. The fourth-order valence-corrected chi connectivity index (χ4v) is 2.03. The lowest BCUT2D eigenvalue weighted by atomic mass is 10.2. The highest BCUT2D eigenvalue weighted by Gasteiger charge is 2.16. The van der Waals surface area contributed by atoms with Gasteiger partial charge in [0.05, 0.1) is 26.5 Å². The number of ether oxygens (including phenoxy) is 3. The molecule has 0 saturated carbocycles. The van der Waals surface area contributed by atoms with Crippen LogP contribution in [0.2, 0.25) is 0 Å². The van der Waals surface area contributed by atoms with E-state index in [1.165, 1.54) is 0 Å². The van der Waals surface area contributed by atoms with Crippen molar-refractivity contribution in [1.82, 2.24) is 4.98 Å². The third kappa shape index (κ3) is 3.39. The normalized spacial score (nSPS) is 10.4. The van der Waals surface area contributed by atoms with Crippen LogP contribution in [-0.2, 0) is 16.0 Å². The molecule has 0 radical (unpaired) electrons. The molecule has 6 heteroatoms. The van der Waals surface area contributed by atoms with Crippen molar-refractivity contribution in [2.24, 2.45) is 0 Å². The number of carbonyl (C=O) groups excluding carboxylic acids is 1. The topological polar surface area (TPSA) is 70.8 Å². The molecular weight excluding hydrogens is 286 g/mol. The molecule has 118 valence electrons. The SMILES string of the molecule is CCOC(=O)Cc1oc(-c2ccc(OC)c(OC)c2)nc1C. The number of nitrogens with zero attached hydrogens (tertiary/aromatic N) is 1. The predicted molar refractivity (Wildman–Crippen MR) is 80.1 cm³/mol. The van der Waals surface area contributed by atoms with Gasteiger partial charge < -0.3 is 18.6 Å². The van der Waals surface area contributed by atoms with Crippen molar-refractivity contribution < 1.29 is 23.4 Å². The monoisotopic (exact) mass is 305 g/mol. The Bertz CT molecular complexity index is 663. The first kappa shape index (κ1) is 15.9. The highest BCUT2D eigenvalue weighted by Crippen LogP contribution is 2.32. The first-order chi connectivity index (χ1) is 10.6. The number of benzene rings is 1. The fraction of sp³-hybridized carbons (Fsp3) is 0.375. The van der Waals surface area contributed by atoms with E-state index in [0.717, 1.165) is 5.56 Å². The lowest BCUT2D eigenvalue weighted by molar-refractivity contribution is -0.142. The molecule has 6 nitrogen and oxygen atoms in total.